The Labute approximate surface area is 178 Å². The fourth-order valence-electron chi connectivity index (χ4n) is 3.83. The van der Waals surface area contributed by atoms with E-state index < -0.39 is 0 Å². The van der Waals surface area contributed by atoms with Crippen molar-refractivity contribution in [3.8, 4) is 0 Å². The van der Waals surface area contributed by atoms with Crippen LogP contribution >= 0.6 is 0 Å². The summed E-state index contributed by atoms with van der Waals surface area (Å²) >= 11 is 0. The third-order valence-electron chi connectivity index (χ3n) is 5.64. The summed E-state index contributed by atoms with van der Waals surface area (Å²) in [6, 6.07) is 15.5. The smallest absolute Gasteiger partial charge is 0.226 e. The van der Waals surface area contributed by atoms with E-state index in [0.29, 0.717) is 23.1 Å². The number of hydrogen-bond donors (Lipinski definition) is 0. The third kappa shape index (κ3) is 5.18. The van der Waals surface area contributed by atoms with Crippen LogP contribution in [-0.2, 0) is 17.9 Å². The molecule has 1 atom stereocenters. The van der Waals surface area contributed by atoms with Crippen LogP contribution in [0.4, 0.5) is 0 Å². The Morgan fingerprint density at radius 3 is 2.53 bits per heavy atom. The average Bonchev–Trinajstić information content (AvgIpc) is 2.76. The number of carbonyl (C=O) groups excluding carboxylic acids is 1. The standard InChI is InChI=1S/C26H31NO3/c1-4-6-12-21(5-2)26(29)27(16-20-10-8-7-9-11-20)17-22-18-30-24-14-13-19(3)15-23(24)25(22)28/h7-11,13-15,18,21H,4-6,12,16-17H2,1-3H3. The van der Waals surface area contributed by atoms with Crippen LogP contribution < -0.4 is 5.43 Å². The Balaban J connectivity index is 1.93. The van der Waals surface area contributed by atoms with E-state index in [9.17, 15) is 9.59 Å². The number of unbranched alkanes of at least 4 members (excludes halogenated alkanes) is 1. The summed E-state index contributed by atoms with van der Waals surface area (Å²) in [5.41, 5.74) is 3.09. The number of benzene rings is 2. The van der Waals surface area contributed by atoms with Gasteiger partial charge < -0.3 is 9.32 Å². The highest BCUT2D eigenvalue weighted by Crippen LogP contribution is 2.20. The van der Waals surface area contributed by atoms with Crippen molar-refractivity contribution in [2.75, 3.05) is 0 Å². The van der Waals surface area contributed by atoms with E-state index in [1.807, 2.05) is 60.4 Å². The zero-order valence-electron chi connectivity index (χ0n) is 18.2. The van der Waals surface area contributed by atoms with Gasteiger partial charge in [0.05, 0.1) is 23.8 Å². The molecule has 0 aliphatic heterocycles. The Kier molecular flexibility index (Phi) is 7.45. The van der Waals surface area contributed by atoms with Crippen LogP contribution in [0.5, 0.6) is 0 Å². The fraction of sp³-hybridized carbons (Fsp3) is 0.385. The Morgan fingerprint density at radius 1 is 1.07 bits per heavy atom. The lowest BCUT2D eigenvalue weighted by molar-refractivity contribution is -0.137. The van der Waals surface area contributed by atoms with Gasteiger partial charge in [-0.15, -0.1) is 0 Å². The molecule has 30 heavy (non-hydrogen) atoms. The van der Waals surface area contributed by atoms with Gasteiger partial charge in [0, 0.05) is 12.5 Å². The second-order valence-electron chi connectivity index (χ2n) is 8.02. The van der Waals surface area contributed by atoms with Crippen LogP contribution in [0.3, 0.4) is 0 Å². The average molecular weight is 406 g/mol. The van der Waals surface area contributed by atoms with Gasteiger partial charge in [0.25, 0.3) is 0 Å². The maximum Gasteiger partial charge on any atom is 0.226 e. The molecule has 1 aromatic heterocycles. The second-order valence-corrected chi connectivity index (χ2v) is 8.02. The number of amides is 1. The largest absolute Gasteiger partial charge is 0.464 e. The monoisotopic (exact) mass is 405 g/mol. The van der Waals surface area contributed by atoms with Crippen molar-refractivity contribution in [1.82, 2.24) is 4.90 Å². The minimum Gasteiger partial charge on any atom is -0.464 e. The molecule has 0 saturated heterocycles. The molecule has 0 spiro atoms. The molecule has 3 aromatic rings. The predicted octanol–water partition coefficient (Wildman–Crippen LogP) is 5.85. The number of rotatable bonds is 9. The van der Waals surface area contributed by atoms with Gasteiger partial charge >= 0.3 is 0 Å². The number of nitrogens with zero attached hydrogens (tertiary/aromatic N) is 1. The number of aryl methyl sites for hydroxylation is 1. The van der Waals surface area contributed by atoms with Gasteiger partial charge in [-0.05, 0) is 37.5 Å². The molecule has 4 nitrogen and oxygen atoms in total. The van der Waals surface area contributed by atoms with E-state index in [2.05, 4.69) is 13.8 Å². The second kappa shape index (κ2) is 10.2. The summed E-state index contributed by atoms with van der Waals surface area (Å²) < 4.78 is 5.72. The summed E-state index contributed by atoms with van der Waals surface area (Å²) in [6.07, 6.45) is 5.29. The van der Waals surface area contributed by atoms with Crippen molar-refractivity contribution in [1.29, 1.82) is 0 Å². The summed E-state index contributed by atoms with van der Waals surface area (Å²) in [6.45, 7) is 6.89. The van der Waals surface area contributed by atoms with E-state index >= 15 is 0 Å². The molecule has 3 rings (SSSR count). The zero-order valence-corrected chi connectivity index (χ0v) is 18.2. The van der Waals surface area contributed by atoms with Gasteiger partial charge in [-0.3, -0.25) is 9.59 Å². The molecule has 0 fully saturated rings. The van der Waals surface area contributed by atoms with Crippen LogP contribution in [0.15, 0.2) is 64.0 Å². The Morgan fingerprint density at radius 2 is 1.83 bits per heavy atom. The van der Waals surface area contributed by atoms with Crippen LogP contribution in [-0.4, -0.2) is 10.8 Å². The Bertz CT molecular complexity index is 1040. The van der Waals surface area contributed by atoms with Gasteiger partial charge in [-0.1, -0.05) is 68.7 Å². The minimum absolute atomic E-state index is 0.0246. The van der Waals surface area contributed by atoms with E-state index in [-0.39, 0.29) is 23.8 Å². The topological polar surface area (TPSA) is 50.5 Å². The van der Waals surface area contributed by atoms with Crippen molar-refractivity contribution in [3.63, 3.8) is 0 Å². The van der Waals surface area contributed by atoms with Gasteiger partial charge in [-0.2, -0.15) is 0 Å². The first-order valence-corrected chi connectivity index (χ1v) is 10.9. The fourth-order valence-corrected chi connectivity index (χ4v) is 3.83. The Hall–Kier alpha value is -2.88. The molecule has 0 aliphatic rings. The van der Waals surface area contributed by atoms with Gasteiger partial charge in [-0.25, -0.2) is 0 Å². The predicted molar refractivity (Wildman–Crippen MR) is 121 cm³/mol. The lowest BCUT2D eigenvalue weighted by atomic mass is 9.97. The maximum absolute atomic E-state index is 13.4. The summed E-state index contributed by atoms with van der Waals surface area (Å²) in [5, 5.41) is 0.567. The molecule has 4 heteroatoms. The SMILES string of the molecule is CCCCC(CC)C(=O)N(Cc1ccccc1)Cc1coc2ccc(C)cc2c1=O. The van der Waals surface area contributed by atoms with Gasteiger partial charge in [0.15, 0.2) is 5.43 Å². The molecule has 1 heterocycles. The van der Waals surface area contributed by atoms with Crippen molar-refractivity contribution in [2.24, 2.45) is 5.92 Å². The summed E-state index contributed by atoms with van der Waals surface area (Å²) in [7, 11) is 0. The first-order chi connectivity index (χ1) is 14.5. The first kappa shape index (κ1) is 21.8. The van der Waals surface area contributed by atoms with Gasteiger partial charge in [0.1, 0.15) is 5.58 Å². The minimum atomic E-state index is -0.0626. The lowest BCUT2D eigenvalue weighted by Crippen LogP contribution is -2.36. The first-order valence-electron chi connectivity index (χ1n) is 10.9. The maximum atomic E-state index is 13.4. The molecule has 0 bridgehead atoms. The highest BCUT2D eigenvalue weighted by molar-refractivity contribution is 5.80. The van der Waals surface area contributed by atoms with Crippen LogP contribution in [0, 0.1) is 12.8 Å². The molecule has 1 unspecified atom stereocenters. The van der Waals surface area contributed by atoms with Crippen LogP contribution in [0.1, 0.15) is 56.2 Å². The lowest BCUT2D eigenvalue weighted by Gasteiger charge is -2.27. The molecule has 0 aliphatic carbocycles. The van der Waals surface area contributed by atoms with Crippen molar-refractivity contribution in [2.45, 2.75) is 59.5 Å². The van der Waals surface area contributed by atoms with E-state index in [4.69, 9.17) is 4.42 Å². The highest BCUT2D eigenvalue weighted by atomic mass is 16.3. The van der Waals surface area contributed by atoms with Crippen LogP contribution in [0.25, 0.3) is 11.0 Å². The summed E-state index contributed by atoms with van der Waals surface area (Å²) in [4.78, 5) is 28.3. The van der Waals surface area contributed by atoms with Gasteiger partial charge in [0.2, 0.25) is 5.91 Å². The molecular weight excluding hydrogens is 374 g/mol. The molecule has 0 saturated carbocycles. The molecule has 2 aromatic carbocycles. The quantitative estimate of drug-likeness (QED) is 0.449. The van der Waals surface area contributed by atoms with Crippen LogP contribution in [0.2, 0.25) is 0 Å². The third-order valence-corrected chi connectivity index (χ3v) is 5.64. The van der Waals surface area contributed by atoms with Crippen molar-refractivity contribution < 1.29 is 9.21 Å². The number of hydrogen-bond acceptors (Lipinski definition) is 3. The van der Waals surface area contributed by atoms with E-state index in [0.717, 1.165) is 36.8 Å². The number of fused-ring (bicyclic) bond motifs is 1. The van der Waals surface area contributed by atoms with Crippen molar-refractivity contribution >= 4 is 16.9 Å². The normalized spacial score (nSPS) is 12.1. The van der Waals surface area contributed by atoms with E-state index in [1.54, 1.807) is 0 Å². The highest BCUT2D eigenvalue weighted by Gasteiger charge is 2.24. The molecule has 0 radical (unpaired) electrons. The van der Waals surface area contributed by atoms with E-state index in [1.165, 1.54) is 6.26 Å². The molecule has 158 valence electrons. The molecule has 0 N–H and O–H groups in total. The molecular formula is C26H31NO3. The molecule has 1 amide bonds. The zero-order chi connectivity index (χ0) is 21.5. The summed E-state index contributed by atoms with van der Waals surface area (Å²) in [5.74, 6) is 0.0851. The van der Waals surface area contributed by atoms with Crippen molar-refractivity contribution in [3.05, 3.63) is 81.7 Å². The number of carbonyl (C=O) groups is 1.